The lowest BCUT2D eigenvalue weighted by atomic mass is 9.72. The van der Waals surface area contributed by atoms with Crippen LogP contribution in [0.1, 0.15) is 84.2 Å². The summed E-state index contributed by atoms with van der Waals surface area (Å²) in [7, 11) is 1.82. The highest BCUT2D eigenvalue weighted by molar-refractivity contribution is 6.09. The number of imidazole rings is 1. The summed E-state index contributed by atoms with van der Waals surface area (Å²) in [5.41, 5.74) is 5.61. The topological polar surface area (TPSA) is 91.7 Å². The van der Waals surface area contributed by atoms with E-state index in [1.54, 1.807) is 12.3 Å². The maximum atomic E-state index is 15.0. The number of nitrogens with one attached hydrogen (secondary N) is 1. The first-order valence-electron chi connectivity index (χ1n) is 19.7. The van der Waals surface area contributed by atoms with Crippen molar-refractivity contribution in [3.05, 3.63) is 60.4 Å². The van der Waals surface area contributed by atoms with Gasteiger partial charge in [-0.15, -0.1) is 0 Å². The highest BCUT2D eigenvalue weighted by atomic mass is 19.1. The zero-order chi connectivity index (χ0) is 36.6. The Morgan fingerprint density at radius 2 is 1.81 bits per heavy atom. The third-order valence-corrected chi connectivity index (χ3v) is 13.3. The lowest BCUT2D eigenvalue weighted by molar-refractivity contribution is -0.126. The van der Waals surface area contributed by atoms with Crippen molar-refractivity contribution in [3.63, 3.8) is 0 Å². The summed E-state index contributed by atoms with van der Waals surface area (Å²) in [5.74, 6) is 1.06. The molecule has 53 heavy (non-hydrogen) atoms. The molecular weight excluding hydrogens is 668 g/mol. The van der Waals surface area contributed by atoms with E-state index in [0.29, 0.717) is 35.0 Å². The normalized spacial score (nSPS) is 26.7. The number of nitrogens with zero attached hydrogens (tertiary/aromatic N) is 7. The molecule has 6 heterocycles. The van der Waals surface area contributed by atoms with E-state index < -0.39 is 11.2 Å². The summed E-state index contributed by atoms with van der Waals surface area (Å²) in [4.78, 5) is 36.2. The van der Waals surface area contributed by atoms with E-state index in [4.69, 9.17) is 14.7 Å². The molecule has 9 rings (SSSR count). The van der Waals surface area contributed by atoms with Crippen LogP contribution in [0.3, 0.4) is 0 Å². The van der Waals surface area contributed by atoms with Gasteiger partial charge in [-0.05, 0) is 114 Å². The third-order valence-electron chi connectivity index (χ3n) is 13.3. The van der Waals surface area contributed by atoms with Gasteiger partial charge in [-0.2, -0.15) is 0 Å². The van der Waals surface area contributed by atoms with Crippen LogP contribution in [0.25, 0.3) is 22.3 Å². The van der Waals surface area contributed by atoms with Crippen molar-refractivity contribution in [3.8, 4) is 11.3 Å². The third kappa shape index (κ3) is 6.03. The Morgan fingerprint density at radius 1 is 1.02 bits per heavy atom. The average molecular weight is 721 g/mol. The molecule has 3 aliphatic heterocycles. The van der Waals surface area contributed by atoms with Crippen LogP contribution in [-0.4, -0.2) is 93.2 Å². The molecule has 4 fully saturated rings. The monoisotopic (exact) mass is 720 g/mol. The minimum absolute atomic E-state index is 0.131. The van der Waals surface area contributed by atoms with Crippen molar-refractivity contribution in [2.24, 2.45) is 11.3 Å². The van der Waals surface area contributed by atoms with Crippen molar-refractivity contribution >= 4 is 34.1 Å². The van der Waals surface area contributed by atoms with Gasteiger partial charge in [-0.25, -0.2) is 14.4 Å². The molecule has 1 aromatic carbocycles. The molecule has 1 amide bonds. The number of rotatable bonds is 9. The van der Waals surface area contributed by atoms with Gasteiger partial charge in [0.05, 0.1) is 40.9 Å². The predicted molar refractivity (Wildman–Crippen MR) is 206 cm³/mol. The lowest BCUT2D eigenvalue weighted by Gasteiger charge is -2.47. The Bertz CT molecular complexity index is 2020. The largest absolute Gasteiger partial charge is 0.381 e. The number of aromatic nitrogens is 4. The molecule has 0 atom stereocenters. The first-order valence-corrected chi connectivity index (χ1v) is 19.7. The number of ether oxygens (including phenoxy) is 1. The Morgan fingerprint density at radius 3 is 2.51 bits per heavy atom. The van der Waals surface area contributed by atoms with Crippen LogP contribution in [0.5, 0.6) is 0 Å². The Hall–Kier alpha value is -3.93. The second-order valence-corrected chi connectivity index (χ2v) is 17.6. The van der Waals surface area contributed by atoms with Gasteiger partial charge in [-0.1, -0.05) is 26.0 Å². The number of carbonyl (C=O) groups excluding carboxylic acids is 1. The van der Waals surface area contributed by atoms with E-state index in [1.165, 1.54) is 18.2 Å². The molecule has 11 heteroatoms. The van der Waals surface area contributed by atoms with Crippen molar-refractivity contribution in [2.45, 2.75) is 102 Å². The maximum Gasteiger partial charge on any atom is 0.238 e. The minimum Gasteiger partial charge on any atom is -0.381 e. The smallest absolute Gasteiger partial charge is 0.238 e. The summed E-state index contributed by atoms with van der Waals surface area (Å²) in [5, 5.41) is 3.26. The van der Waals surface area contributed by atoms with Crippen LogP contribution in [0.15, 0.2) is 49.1 Å². The van der Waals surface area contributed by atoms with Crippen molar-refractivity contribution < 1.29 is 13.9 Å². The van der Waals surface area contributed by atoms with Crippen molar-refractivity contribution in [1.29, 1.82) is 0 Å². The molecule has 1 N–H and O–H groups in total. The molecule has 0 radical (unpaired) electrons. The van der Waals surface area contributed by atoms with Crippen LogP contribution < -0.4 is 10.2 Å². The van der Waals surface area contributed by atoms with Crippen LogP contribution in [0.4, 0.5) is 21.6 Å². The van der Waals surface area contributed by atoms with Crippen molar-refractivity contribution in [2.75, 3.05) is 50.1 Å². The first kappa shape index (κ1) is 34.8. The summed E-state index contributed by atoms with van der Waals surface area (Å²) in [6, 6.07) is 11.0. The van der Waals surface area contributed by atoms with Gasteiger partial charge in [0.2, 0.25) is 5.91 Å². The SMILES string of the molecule is COC1CC(CN2CCC3(CC2)C(=O)N(C2CC(N4CCC(C)(C)C4)C2)c2cc(-c4cc5ncn(C(C)C)c5c(Nc5ccncc5F)n4)ccc23)C1. The summed E-state index contributed by atoms with van der Waals surface area (Å²) in [6.07, 6.45) is 12.2. The number of methoxy groups -OCH3 is 1. The molecule has 0 bridgehead atoms. The number of anilines is 3. The molecule has 5 aliphatic rings. The zero-order valence-corrected chi connectivity index (χ0v) is 31.8. The predicted octanol–water partition coefficient (Wildman–Crippen LogP) is 7.33. The number of fused-ring (bicyclic) bond motifs is 3. The van der Waals surface area contributed by atoms with E-state index in [1.807, 2.05) is 19.5 Å². The van der Waals surface area contributed by atoms with Crippen LogP contribution in [0, 0.1) is 17.2 Å². The van der Waals surface area contributed by atoms with Crippen LogP contribution >= 0.6 is 0 Å². The Labute approximate surface area is 312 Å². The van der Waals surface area contributed by atoms with Gasteiger partial charge in [0.1, 0.15) is 5.52 Å². The number of pyridine rings is 2. The number of likely N-dealkylation sites (tertiary alicyclic amines) is 2. The molecule has 280 valence electrons. The molecular formula is C42H53FN8O2. The molecule has 0 unspecified atom stereocenters. The number of piperidine rings is 1. The molecule has 1 spiro atoms. The van der Waals surface area contributed by atoms with Gasteiger partial charge in [0, 0.05) is 55.8 Å². The molecule has 2 saturated carbocycles. The minimum atomic E-state index is -0.501. The quantitative estimate of drug-likeness (QED) is 0.192. The fourth-order valence-electron chi connectivity index (χ4n) is 9.92. The number of benzene rings is 1. The summed E-state index contributed by atoms with van der Waals surface area (Å²) in [6.45, 7) is 14.2. The molecule has 2 saturated heterocycles. The van der Waals surface area contributed by atoms with Crippen molar-refractivity contribution in [1.82, 2.24) is 29.3 Å². The van der Waals surface area contributed by atoms with Gasteiger partial charge >= 0.3 is 0 Å². The number of halogens is 1. The first-order chi connectivity index (χ1) is 25.5. The van der Waals surface area contributed by atoms with Gasteiger partial charge in [0.15, 0.2) is 11.6 Å². The average Bonchev–Trinajstić information content (AvgIpc) is 3.77. The number of hydrogen-bond donors (Lipinski definition) is 1. The van der Waals surface area contributed by atoms with Gasteiger partial charge in [0.25, 0.3) is 0 Å². The Balaban J connectivity index is 1.06. The summed E-state index contributed by atoms with van der Waals surface area (Å²) >= 11 is 0. The van der Waals surface area contributed by atoms with E-state index >= 15 is 0 Å². The fourth-order valence-corrected chi connectivity index (χ4v) is 9.92. The summed E-state index contributed by atoms with van der Waals surface area (Å²) < 4.78 is 22.5. The fraction of sp³-hybridized carbons (Fsp3) is 0.571. The van der Waals surface area contributed by atoms with Gasteiger partial charge in [-0.3, -0.25) is 14.7 Å². The zero-order valence-electron chi connectivity index (χ0n) is 31.8. The second-order valence-electron chi connectivity index (χ2n) is 17.6. The van der Waals surface area contributed by atoms with Crippen LogP contribution in [-0.2, 0) is 14.9 Å². The molecule has 10 nitrogen and oxygen atoms in total. The highest BCUT2D eigenvalue weighted by Crippen LogP contribution is 2.52. The van der Waals surface area contributed by atoms with E-state index in [0.717, 1.165) is 99.2 Å². The number of hydrogen-bond acceptors (Lipinski definition) is 8. The van der Waals surface area contributed by atoms with E-state index in [-0.39, 0.29) is 18.0 Å². The molecule has 4 aromatic rings. The second kappa shape index (κ2) is 13.1. The number of carbonyl (C=O) groups is 1. The molecule has 3 aromatic heterocycles. The molecule has 2 aliphatic carbocycles. The standard InChI is InChI=1S/C42H53FN8O2/c1-26(2)50-25-45-36-21-35(47-39(38(36)50)46-34-8-12-44-22-33(34)43)28-6-7-32-37(18-28)51(30-19-29(20-30)49-15-9-41(3,4)24-49)40(52)42(32)10-13-48(14-11-42)23-27-16-31(17-27)53-5/h6-8,12,18,21-22,25-27,29-31H,9-11,13-17,19-20,23-24H2,1-5H3,(H,44,46,47). The van der Waals surface area contributed by atoms with Crippen LogP contribution in [0.2, 0.25) is 0 Å². The van der Waals surface area contributed by atoms with Gasteiger partial charge < -0.3 is 24.4 Å². The van der Waals surface area contributed by atoms with E-state index in [2.05, 4.69) is 75.5 Å². The lowest BCUT2D eigenvalue weighted by Crippen LogP contribution is -2.57. The highest BCUT2D eigenvalue weighted by Gasteiger charge is 2.56. The van der Waals surface area contributed by atoms with E-state index in [9.17, 15) is 9.18 Å². The maximum absolute atomic E-state index is 15.0. The Kier molecular flexibility index (Phi) is 8.62. The number of amides is 1.